The van der Waals surface area contributed by atoms with Gasteiger partial charge in [0.15, 0.2) is 0 Å². The minimum atomic E-state index is -4.35. The normalized spacial score (nSPS) is 25.7. The van der Waals surface area contributed by atoms with Crippen LogP contribution in [0.15, 0.2) is 77.2 Å². The van der Waals surface area contributed by atoms with Gasteiger partial charge in [-0.1, -0.05) is 30.4 Å². The summed E-state index contributed by atoms with van der Waals surface area (Å²) in [5.41, 5.74) is 11.5. The van der Waals surface area contributed by atoms with Crippen molar-refractivity contribution in [3.05, 3.63) is 72.3 Å². The molecule has 2 aromatic rings. The van der Waals surface area contributed by atoms with Gasteiger partial charge in [-0.05, 0) is 48.4 Å². The molecule has 4 atom stereocenters. The van der Waals surface area contributed by atoms with Gasteiger partial charge in [0.05, 0.1) is 29.6 Å². The highest BCUT2D eigenvalue weighted by Gasteiger charge is 2.48. The molecule has 1 saturated heterocycles. The highest BCUT2D eigenvalue weighted by atomic mass is 32.2. The largest absolute Gasteiger partial charge is 0.405 e. The fourth-order valence-corrected chi connectivity index (χ4v) is 5.60. The number of alkyl halides is 3. The number of hydrogen-bond acceptors (Lipinski definition) is 7. The van der Waals surface area contributed by atoms with E-state index in [0.717, 1.165) is 17.5 Å². The monoisotopic (exact) mass is 487 g/mol. The predicted octanol–water partition coefficient (Wildman–Crippen LogP) is 4.27. The van der Waals surface area contributed by atoms with Gasteiger partial charge in [0.25, 0.3) is 0 Å². The number of hydrazine groups is 2. The van der Waals surface area contributed by atoms with Gasteiger partial charge in [-0.15, -0.1) is 11.8 Å². The fourth-order valence-electron chi connectivity index (χ4n) is 4.44. The molecule has 3 aliphatic rings. The number of fused-ring (bicyclic) bond motifs is 2. The van der Waals surface area contributed by atoms with Crippen LogP contribution in [0.3, 0.4) is 0 Å². The van der Waals surface area contributed by atoms with Crippen LogP contribution in [0, 0.1) is 0 Å². The Bertz CT molecular complexity index is 1100. The van der Waals surface area contributed by atoms with E-state index < -0.39 is 18.3 Å². The van der Waals surface area contributed by atoms with Gasteiger partial charge in [0.1, 0.15) is 12.3 Å². The first-order valence-corrected chi connectivity index (χ1v) is 11.9. The second kappa shape index (κ2) is 9.36. The number of carbonyl (C=O) groups is 1. The standard InChI is InChI=1S/C24H24F3N5OS/c25-24(26,27)23-14-20(32(31-23)17-8-6-16(7-9-17)30-28-11-12-33)15-5-10-22-19(13-15)29-18-3-1-2-4-21(18)34-22/h1-10,12-13,19-20,22-23,28-31H,11,14H2. The summed E-state index contributed by atoms with van der Waals surface area (Å²) < 4.78 is 41.0. The molecular weight excluding hydrogens is 463 g/mol. The summed E-state index contributed by atoms with van der Waals surface area (Å²) in [7, 11) is 0. The van der Waals surface area contributed by atoms with Crippen LogP contribution in [0.1, 0.15) is 6.42 Å². The number of carbonyl (C=O) groups excluding carboxylic acids is 1. The molecule has 0 spiro atoms. The molecule has 0 amide bonds. The van der Waals surface area contributed by atoms with Crippen molar-refractivity contribution >= 4 is 35.1 Å². The van der Waals surface area contributed by atoms with Crippen LogP contribution in [-0.2, 0) is 4.79 Å². The molecule has 2 aliphatic heterocycles. The highest BCUT2D eigenvalue weighted by molar-refractivity contribution is 8.00. The third-order valence-electron chi connectivity index (χ3n) is 6.09. The third-order valence-corrected chi connectivity index (χ3v) is 7.42. The summed E-state index contributed by atoms with van der Waals surface area (Å²) in [5.74, 6) is 0. The number of para-hydroxylation sites is 1. The molecule has 1 aliphatic carbocycles. The second-order valence-electron chi connectivity index (χ2n) is 8.34. The van der Waals surface area contributed by atoms with Crippen molar-refractivity contribution in [1.82, 2.24) is 10.9 Å². The first-order chi connectivity index (χ1) is 16.4. The smallest absolute Gasteiger partial charge is 0.376 e. The van der Waals surface area contributed by atoms with Gasteiger partial charge in [0.2, 0.25) is 0 Å². The van der Waals surface area contributed by atoms with Crippen molar-refractivity contribution in [2.24, 2.45) is 0 Å². The molecule has 0 radical (unpaired) electrons. The summed E-state index contributed by atoms with van der Waals surface area (Å²) in [5, 5.41) is 5.33. The zero-order valence-corrected chi connectivity index (χ0v) is 18.9. The maximum absolute atomic E-state index is 13.7. The Morgan fingerprint density at radius 1 is 1.15 bits per heavy atom. The first-order valence-electron chi connectivity index (χ1n) is 11.0. The zero-order valence-electron chi connectivity index (χ0n) is 18.0. The topological polar surface area (TPSA) is 68.4 Å². The maximum Gasteiger partial charge on any atom is 0.405 e. The van der Waals surface area contributed by atoms with E-state index in [0.29, 0.717) is 11.4 Å². The Morgan fingerprint density at radius 3 is 2.71 bits per heavy atom. The predicted molar refractivity (Wildman–Crippen MR) is 129 cm³/mol. The lowest BCUT2D eigenvalue weighted by molar-refractivity contribution is -0.152. The Labute approximate surface area is 199 Å². The molecule has 0 aromatic heterocycles. The Morgan fingerprint density at radius 2 is 1.94 bits per heavy atom. The Balaban J connectivity index is 1.39. The van der Waals surface area contributed by atoms with Gasteiger partial charge < -0.3 is 20.5 Å². The second-order valence-corrected chi connectivity index (χ2v) is 9.56. The van der Waals surface area contributed by atoms with E-state index in [9.17, 15) is 18.0 Å². The summed E-state index contributed by atoms with van der Waals surface area (Å²) in [6.07, 6.45) is 2.39. The van der Waals surface area contributed by atoms with E-state index in [1.54, 1.807) is 41.0 Å². The van der Waals surface area contributed by atoms with Crippen molar-refractivity contribution in [2.45, 2.75) is 40.9 Å². The van der Waals surface area contributed by atoms with Crippen LogP contribution in [0.25, 0.3) is 0 Å². The van der Waals surface area contributed by atoms with E-state index in [2.05, 4.69) is 39.8 Å². The maximum atomic E-state index is 13.7. The van der Waals surface area contributed by atoms with Gasteiger partial charge in [0, 0.05) is 16.3 Å². The number of rotatable bonds is 6. The summed E-state index contributed by atoms with van der Waals surface area (Å²) >= 11 is 1.76. The van der Waals surface area contributed by atoms with Gasteiger partial charge in [-0.3, -0.25) is 0 Å². The molecule has 4 N–H and O–H groups in total. The van der Waals surface area contributed by atoms with Crippen molar-refractivity contribution in [3.63, 3.8) is 0 Å². The lowest BCUT2D eigenvalue weighted by atomic mass is 9.93. The molecular formula is C24H24F3N5OS. The molecule has 6 nitrogen and oxygen atoms in total. The van der Waals surface area contributed by atoms with E-state index >= 15 is 0 Å². The number of hydrogen-bond donors (Lipinski definition) is 4. The Kier molecular flexibility index (Phi) is 6.28. The van der Waals surface area contributed by atoms with E-state index in [-0.39, 0.29) is 24.3 Å². The first kappa shape index (κ1) is 22.8. The minimum absolute atomic E-state index is 0.00200. The van der Waals surface area contributed by atoms with Crippen LogP contribution in [-0.4, -0.2) is 42.4 Å². The van der Waals surface area contributed by atoms with Gasteiger partial charge in [-0.2, -0.15) is 13.2 Å². The molecule has 2 aromatic carbocycles. The molecule has 1 fully saturated rings. The highest BCUT2D eigenvalue weighted by Crippen LogP contribution is 2.42. The average molecular weight is 488 g/mol. The van der Waals surface area contributed by atoms with Gasteiger partial charge >= 0.3 is 6.18 Å². The molecule has 4 unspecified atom stereocenters. The zero-order chi connectivity index (χ0) is 23.7. The lowest BCUT2D eigenvalue weighted by Gasteiger charge is -2.35. The third kappa shape index (κ3) is 4.66. The number of anilines is 3. The number of benzene rings is 2. The summed E-state index contributed by atoms with van der Waals surface area (Å²) in [4.78, 5) is 11.6. The number of thioether (sulfide) groups is 1. The van der Waals surface area contributed by atoms with Crippen LogP contribution in [0.5, 0.6) is 0 Å². The quantitative estimate of drug-likeness (QED) is 0.276. The molecule has 34 heavy (non-hydrogen) atoms. The van der Waals surface area contributed by atoms with Crippen LogP contribution >= 0.6 is 11.8 Å². The number of nitrogens with one attached hydrogen (secondary N) is 4. The number of halogens is 3. The molecule has 5 rings (SSSR count). The molecule has 2 heterocycles. The molecule has 0 saturated carbocycles. The Hall–Kier alpha value is -2.95. The molecule has 178 valence electrons. The minimum Gasteiger partial charge on any atom is -0.376 e. The number of nitrogens with zero attached hydrogens (tertiary/aromatic N) is 1. The van der Waals surface area contributed by atoms with E-state index in [1.165, 1.54) is 4.90 Å². The SMILES string of the molecule is O=CCNNc1ccc(N2NC(C(F)(F)F)CC2C2=CC3Nc4ccccc4SC3C=C2)cc1. The van der Waals surface area contributed by atoms with E-state index in [4.69, 9.17) is 0 Å². The summed E-state index contributed by atoms with van der Waals surface area (Å²) in [6.45, 7) is 0.143. The average Bonchev–Trinajstić information content (AvgIpc) is 3.29. The molecule has 0 bridgehead atoms. The van der Waals surface area contributed by atoms with Crippen molar-refractivity contribution in [2.75, 3.05) is 22.3 Å². The van der Waals surface area contributed by atoms with Crippen molar-refractivity contribution in [3.8, 4) is 0 Å². The van der Waals surface area contributed by atoms with Crippen LogP contribution in [0.2, 0.25) is 0 Å². The summed E-state index contributed by atoms with van der Waals surface area (Å²) in [6, 6.07) is 13.0. The fraction of sp³-hybridized carbons (Fsp3) is 0.292. The van der Waals surface area contributed by atoms with Crippen LogP contribution < -0.4 is 26.6 Å². The number of aldehydes is 1. The van der Waals surface area contributed by atoms with Crippen LogP contribution in [0.4, 0.5) is 30.2 Å². The molecule has 10 heteroatoms. The van der Waals surface area contributed by atoms with Crippen molar-refractivity contribution in [1.29, 1.82) is 0 Å². The van der Waals surface area contributed by atoms with Crippen molar-refractivity contribution < 1.29 is 18.0 Å². The lowest BCUT2D eigenvalue weighted by Crippen LogP contribution is -2.45. The van der Waals surface area contributed by atoms with Gasteiger partial charge in [-0.25, -0.2) is 10.9 Å². The van der Waals surface area contributed by atoms with E-state index in [1.807, 2.05) is 24.3 Å².